The zero-order valence-electron chi connectivity index (χ0n) is 16.5. The topological polar surface area (TPSA) is 60.0 Å². The minimum absolute atomic E-state index is 0.191. The maximum absolute atomic E-state index is 12.9. The van der Waals surface area contributed by atoms with Gasteiger partial charge in [0.1, 0.15) is 17.1 Å². The largest absolute Gasteiger partial charge is 0.496 e. The zero-order valence-corrected chi connectivity index (χ0v) is 16.5. The van der Waals surface area contributed by atoms with Gasteiger partial charge in [-0.05, 0) is 24.1 Å². The van der Waals surface area contributed by atoms with Gasteiger partial charge in [0.05, 0.1) is 27.4 Å². The van der Waals surface area contributed by atoms with Crippen molar-refractivity contribution in [2.45, 2.75) is 12.5 Å². The Morgan fingerprint density at radius 3 is 2.29 bits per heavy atom. The van der Waals surface area contributed by atoms with Gasteiger partial charge in [0, 0.05) is 25.7 Å². The standard InChI is InChI=1S/C22H28N2O4/c1-26-19-9-6-10-20(27-2)21(19)22(25)23-16-18(24-11-13-28-14-12-24)15-17-7-4-3-5-8-17/h3-10,18H,11-16H2,1-2H3,(H,23,25). The molecule has 6 heteroatoms. The molecule has 0 bridgehead atoms. The van der Waals surface area contributed by atoms with Crippen LogP contribution in [0, 0.1) is 0 Å². The van der Waals surface area contributed by atoms with Crippen molar-refractivity contribution in [2.75, 3.05) is 47.1 Å². The number of hydrogen-bond acceptors (Lipinski definition) is 5. The molecule has 28 heavy (non-hydrogen) atoms. The summed E-state index contributed by atoms with van der Waals surface area (Å²) in [4.78, 5) is 15.3. The molecule has 1 saturated heterocycles. The lowest BCUT2D eigenvalue weighted by atomic mass is 10.0. The molecule has 1 heterocycles. The van der Waals surface area contributed by atoms with E-state index in [0.717, 1.165) is 32.7 Å². The van der Waals surface area contributed by atoms with Gasteiger partial charge >= 0.3 is 0 Å². The third kappa shape index (κ3) is 5.03. The van der Waals surface area contributed by atoms with Crippen molar-refractivity contribution in [1.29, 1.82) is 0 Å². The average Bonchev–Trinajstić information content (AvgIpc) is 2.77. The van der Waals surface area contributed by atoms with Crippen molar-refractivity contribution in [3.8, 4) is 11.5 Å². The molecule has 2 aromatic carbocycles. The first-order chi connectivity index (χ1) is 13.7. The summed E-state index contributed by atoms with van der Waals surface area (Å²) in [5.74, 6) is 0.811. The van der Waals surface area contributed by atoms with Crippen molar-refractivity contribution in [3.63, 3.8) is 0 Å². The first kappa shape index (κ1) is 20.2. The Morgan fingerprint density at radius 1 is 1.04 bits per heavy atom. The summed E-state index contributed by atoms with van der Waals surface area (Å²) in [5, 5.41) is 3.08. The van der Waals surface area contributed by atoms with E-state index in [1.807, 2.05) is 18.2 Å². The second-order valence-electron chi connectivity index (χ2n) is 6.74. The van der Waals surface area contributed by atoms with E-state index in [4.69, 9.17) is 14.2 Å². The maximum Gasteiger partial charge on any atom is 0.258 e. The van der Waals surface area contributed by atoms with Gasteiger partial charge in [-0.2, -0.15) is 0 Å². The quantitative estimate of drug-likeness (QED) is 0.757. The van der Waals surface area contributed by atoms with Gasteiger partial charge in [-0.25, -0.2) is 0 Å². The van der Waals surface area contributed by atoms with Crippen molar-refractivity contribution < 1.29 is 19.0 Å². The number of benzene rings is 2. The molecule has 1 unspecified atom stereocenters. The average molecular weight is 384 g/mol. The van der Waals surface area contributed by atoms with E-state index in [2.05, 4.69) is 22.3 Å². The molecular weight excluding hydrogens is 356 g/mol. The molecule has 1 amide bonds. The Kier molecular flexibility index (Phi) is 7.28. The van der Waals surface area contributed by atoms with E-state index in [9.17, 15) is 4.79 Å². The molecule has 6 nitrogen and oxygen atoms in total. The molecule has 3 rings (SSSR count). The van der Waals surface area contributed by atoms with Crippen LogP contribution in [0.3, 0.4) is 0 Å². The molecule has 1 fully saturated rings. The lowest BCUT2D eigenvalue weighted by Crippen LogP contribution is -2.49. The van der Waals surface area contributed by atoms with Crippen molar-refractivity contribution >= 4 is 5.91 Å². The summed E-state index contributed by atoms with van der Waals surface area (Å²) in [6.07, 6.45) is 0.865. The summed E-state index contributed by atoms with van der Waals surface area (Å²) in [5.41, 5.74) is 1.68. The van der Waals surface area contributed by atoms with Gasteiger partial charge in [0.25, 0.3) is 5.91 Å². The Bertz CT molecular complexity index is 738. The number of ether oxygens (including phenoxy) is 3. The molecule has 1 N–H and O–H groups in total. The molecule has 1 aliphatic heterocycles. The molecule has 1 aliphatic rings. The fourth-order valence-electron chi connectivity index (χ4n) is 3.53. The van der Waals surface area contributed by atoms with E-state index >= 15 is 0 Å². The molecule has 0 spiro atoms. The molecule has 0 saturated carbocycles. The van der Waals surface area contributed by atoms with E-state index < -0.39 is 0 Å². The Balaban J connectivity index is 1.73. The number of amides is 1. The van der Waals surface area contributed by atoms with Crippen LogP contribution < -0.4 is 14.8 Å². The first-order valence-corrected chi connectivity index (χ1v) is 9.58. The smallest absolute Gasteiger partial charge is 0.258 e. The minimum atomic E-state index is -0.194. The fraction of sp³-hybridized carbons (Fsp3) is 0.409. The van der Waals surface area contributed by atoms with Crippen LogP contribution in [0.5, 0.6) is 11.5 Å². The zero-order chi connectivity index (χ0) is 19.8. The monoisotopic (exact) mass is 384 g/mol. The molecule has 0 radical (unpaired) electrons. The lowest BCUT2D eigenvalue weighted by Gasteiger charge is -2.34. The van der Waals surface area contributed by atoms with Crippen LogP contribution in [0.15, 0.2) is 48.5 Å². The summed E-state index contributed by atoms with van der Waals surface area (Å²) in [7, 11) is 3.11. The van der Waals surface area contributed by atoms with Gasteiger partial charge in [-0.1, -0.05) is 36.4 Å². The van der Waals surface area contributed by atoms with Crippen LogP contribution >= 0.6 is 0 Å². The number of nitrogens with one attached hydrogen (secondary N) is 1. The maximum atomic E-state index is 12.9. The first-order valence-electron chi connectivity index (χ1n) is 9.58. The predicted molar refractivity (Wildman–Crippen MR) is 108 cm³/mol. The third-order valence-electron chi connectivity index (χ3n) is 5.03. The molecule has 150 valence electrons. The highest BCUT2D eigenvalue weighted by Crippen LogP contribution is 2.28. The number of hydrogen-bond donors (Lipinski definition) is 1. The van der Waals surface area contributed by atoms with E-state index in [0.29, 0.717) is 23.6 Å². The van der Waals surface area contributed by atoms with Crippen LogP contribution in [0.2, 0.25) is 0 Å². The van der Waals surface area contributed by atoms with Gasteiger partial charge < -0.3 is 19.5 Å². The Labute approximate surface area is 166 Å². The molecular formula is C22H28N2O4. The fourth-order valence-corrected chi connectivity index (χ4v) is 3.53. The molecule has 2 aromatic rings. The van der Waals surface area contributed by atoms with Crippen LogP contribution in [0.25, 0.3) is 0 Å². The number of carbonyl (C=O) groups excluding carboxylic acids is 1. The highest BCUT2D eigenvalue weighted by atomic mass is 16.5. The molecule has 1 atom stereocenters. The SMILES string of the molecule is COc1cccc(OC)c1C(=O)NCC(Cc1ccccc1)N1CCOCC1. The number of nitrogens with zero attached hydrogens (tertiary/aromatic N) is 1. The number of methoxy groups -OCH3 is 2. The van der Waals surface area contributed by atoms with Gasteiger partial charge in [0.15, 0.2) is 0 Å². The van der Waals surface area contributed by atoms with E-state index in [1.54, 1.807) is 32.4 Å². The Hall–Kier alpha value is -2.57. The van der Waals surface area contributed by atoms with Gasteiger partial charge in [-0.15, -0.1) is 0 Å². The normalized spacial score (nSPS) is 15.6. The highest BCUT2D eigenvalue weighted by molar-refractivity contribution is 5.99. The van der Waals surface area contributed by atoms with Crippen molar-refractivity contribution in [1.82, 2.24) is 10.2 Å². The number of rotatable bonds is 8. The summed E-state index contributed by atoms with van der Waals surface area (Å²) >= 11 is 0. The van der Waals surface area contributed by atoms with Crippen LogP contribution in [-0.4, -0.2) is 63.9 Å². The van der Waals surface area contributed by atoms with Gasteiger partial charge in [0.2, 0.25) is 0 Å². The van der Waals surface area contributed by atoms with E-state index in [1.165, 1.54) is 5.56 Å². The molecule has 0 aliphatic carbocycles. The summed E-state index contributed by atoms with van der Waals surface area (Å²) in [6, 6.07) is 15.9. The van der Waals surface area contributed by atoms with Gasteiger partial charge in [-0.3, -0.25) is 9.69 Å². The second kappa shape index (κ2) is 10.1. The van der Waals surface area contributed by atoms with Crippen molar-refractivity contribution in [3.05, 3.63) is 59.7 Å². The summed E-state index contributed by atoms with van der Waals surface area (Å²) in [6.45, 7) is 3.71. The van der Waals surface area contributed by atoms with Crippen LogP contribution in [0.1, 0.15) is 15.9 Å². The predicted octanol–water partition coefficient (Wildman–Crippen LogP) is 2.38. The number of carbonyl (C=O) groups is 1. The summed E-state index contributed by atoms with van der Waals surface area (Å²) < 4.78 is 16.2. The van der Waals surface area contributed by atoms with Crippen LogP contribution in [0.4, 0.5) is 0 Å². The van der Waals surface area contributed by atoms with Crippen molar-refractivity contribution in [2.24, 2.45) is 0 Å². The van der Waals surface area contributed by atoms with Crippen LogP contribution in [-0.2, 0) is 11.2 Å². The number of morpholine rings is 1. The van der Waals surface area contributed by atoms with E-state index in [-0.39, 0.29) is 11.9 Å². The lowest BCUT2D eigenvalue weighted by molar-refractivity contribution is 0.0167. The minimum Gasteiger partial charge on any atom is -0.496 e. The Morgan fingerprint density at radius 2 is 1.68 bits per heavy atom. The molecule has 0 aromatic heterocycles. The second-order valence-corrected chi connectivity index (χ2v) is 6.74. The highest BCUT2D eigenvalue weighted by Gasteiger charge is 2.24. The third-order valence-corrected chi connectivity index (χ3v) is 5.03.